The topological polar surface area (TPSA) is 30.5 Å². The number of nitrogens with one attached hydrogen (secondary N) is 1. The molecule has 1 aromatic carbocycles. The first-order valence-electron chi connectivity index (χ1n) is 7.40. The molecule has 0 spiro atoms. The first-order valence-corrected chi connectivity index (χ1v) is 7.40. The van der Waals surface area contributed by atoms with E-state index in [0.717, 1.165) is 50.5 Å². The van der Waals surface area contributed by atoms with Crippen molar-refractivity contribution in [3.05, 3.63) is 24.3 Å². The van der Waals surface area contributed by atoms with E-state index < -0.39 is 0 Å². The van der Waals surface area contributed by atoms with Crippen molar-refractivity contribution in [1.82, 2.24) is 5.32 Å². The number of likely N-dealkylation sites (N-methyl/N-ethyl adjacent to an activating group) is 1. The molecule has 0 saturated carbocycles. The van der Waals surface area contributed by atoms with E-state index in [1.807, 2.05) is 24.3 Å². The summed E-state index contributed by atoms with van der Waals surface area (Å²) in [6, 6.07) is 7.92. The van der Waals surface area contributed by atoms with Gasteiger partial charge in [-0.25, -0.2) is 0 Å². The minimum atomic E-state index is 0.243. The van der Waals surface area contributed by atoms with E-state index in [-0.39, 0.29) is 6.10 Å². The third-order valence-electron chi connectivity index (χ3n) is 2.83. The van der Waals surface area contributed by atoms with Gasteiger partial charge in [-0.3, -0.25) is 0 Å². The lowest BCUT2D eigenvalue weighted by Gasteiger charge is -2.19. The molecular formula is C16H27NO2. The molecule has 0 aliphatic carbocycles. The van der Waals surface area contributed by atoms with Crippen molar-refractivity contribution in [3.63, 3.8) is 0 Å². The molecule has 1 N–H and O–H groups in total. The van der Waals surface area contributed by atoms with E-state index in [0.29, 0.717) is 0 Å². The number of rotatable bonds is 10. The summed E-state index contributed by atoms with van der Waals surface area (Å²) in [5.41, 5.74) is 0. The molecule has 1 aromatic rings. The van der Waals surface area contributed by atoms with Crippen molar-refractivity contribution in [2.45, 2.75) is 46.1 Å². The first-order chi connectivity index (χ1) is 9.30. The number of ether oxygens (including phenoxy) is 2. The molecule has 1 atom stereocenters. The van der Waals surface area contributed by atoms with Crippen molar-refractivity contribution in [3.8, 4) is 11.5 Å². The Morgan fingerprint density at radius 3 is 2.26 bits per heavy atom. The fraction of sp³-hybridized carbons (Fsp3) is 0.625. The van der Waals surface area contributed by atoms with Crippen LogP contribution in [0.5, 0.6) is 11.5 Å². The van der Waals surface area contributed by atoms with Crippen LogP contribution in [0.25, 0.3) is 0 Å². The van der Waals surface area contributed by atoms with Gasteiger partial charge >= 0.3 is 0 Å². The number of benzene rings is 1. The van der Waals surface area contributed by atoms with Crippen molar-refractivity contribution >= 4 is 0 Å². The van der Waals surface area contributed by atoms with Gasteiger partial charge in [0.1, 0.15) is 17.6 Å². The molecular weight excluding hydrogens is 238 g/mol. The Hall–Kier alpha value is -1.22. The lowest BCUT2D eigenvalue weighted by atomic mass is 10.2. The molecule has 108 valence electrons. The largest absolute Gasteiger partial charge is 0.494 e. The molecule has 1 rings (SSSR count). The minimum Gasteiger partial charge on any atom is -0.494 e. The maximum absolute atomic E-state index is 6.00. The predicted molar refractivity (Wildman–Crippen MR) is 80.1 cm³/mol. The standard InChI is InChI=1S/C16H27NO2/c1-4-7-16(13-17-6-3)19-15-10-8-14(9-11-15)18-12-5-2/h8-11,16-17H,4-7,12-13H2,1-3H3. The van der Waals surface area contributed by atoms with Crippen LogP contribution in [0.15, 0.2) is 24.3 Å². The second kappa shape index (κ2) is 9.68. The molecule has 3 nitrogen and oxygen atoms in total. The fourth-order valence-electron chi connectivity index (χ4n) is 1.86. The van der Waals surface area contributed by atoms with E-state index in [9.17, 15) is 0 Å². The van der Waals surface area contributed by atoms with Gasteiger partial charge in [0.05, 0.1) is 6.61 Å². The van der Waals surface area contributed by atoms with Crippen LogP contribution in [0.2, 0.25) is 0 Å². The molecule has 0 aliphatic heterocycles. The van der Waals surface area contributed by atoms with E-state index in [2.05, 4.69) is 26.1 Å². The van der Waals surface area contributed by atoms with Crippen LogP contribution >= 0.6 is 0 Å². The normalized spacial score (nSPS) is 12.2. The summed E-state index contributed by atoms with van der Waals surface area (Å²) < 4.78 is 11.6. The van der Waals surface area contributed by atoms with Gasteiger partial charge in [0.15, 0.2) is 0 Å². The average Bonchev–Trinajstić information content (AvgIpc) is 2.44. The van der Waals surface area contributed by atoms with Gasteiger partial charge in [0.25, 0.3) is 0 Å². The van der Waals surface area contributed by atoms with Crippen LogP contribution < -0.4 is 14.8 Å². The lowest BCUT2D eigenvalue weighted by molar-refractivity contribution is 0.187. The van der Waals surface area contributed by atoms with Gasteiger partial charge in [-0.15, -0.1) is 0 Å². The summed E-state index contributed by atoms with van der Waals surface area (Å²) in [5, 5.41) is 3.34. The zero-order chi connectivity index (χ0) is 13.9. The van der Waals surface area contributed by atoms with Crippen LogP contribution in [-0.4, -0.2) is 25.8 Å². The third kappa shape index (κ3) is 6.48. The maximum Gasteiger partial charge on any atom is 0.120 e. The molecule has 0 heterocycles. The molecule has 0 amide bonds. The highest BCUT2D eigenvalue weighted by Crippen LogP contribution is 2.19. The van der Waals surface area contributed by atoms with Gasteiger partial charge in [-0.05, 0) is 43.7 Å². The molecule has 0 fully saturated rings. The smallest absolute Gasteiger partial charge is 0.120 e. The Kier molecular flexibility index (Phi) is 8.07. The van der Waals surface area contributed by atoms with Gasteiger partial charge < -0.3 is 14.8 Å². The zero-order valence-corrected chi connectivity index (χ0v) is 12.4. The number of hydrogen-bond acceptors (Lipinski definition) is 3. The molecule has 0 aliphatic rings. The van der Waals surface area contributed by atoms with Crippen molar-refractivity contribution in [2.75, 3.05) is 19.7 Å². The van der Waals surface area contributed by atoms with E-state index in [4.69, 9.17) is 9.47 Å². The van der Waals surface area contributed by atoms with Crippen LogP contribution in [0.3, 0.4) is 0 Å². The van der Waals surface area contributed by atoms with E-state index >= 15 is 0 Å². The molecule has 0 aromatic heterocycles. The second-order valence-corrected chi connectivity index (χ2v) is 4.66. The Morgan fingerprint density at radius 2 is 1.68 bits per heavy atom. The first kappa shape index (κ1) is 15.8. The van der Waals surface area contributed by atoms with Crippen LogP contribution in [0.4, 0.5) is 0 Å². The quantitative estimate of drug-likeness (QED) is 0.700. The Labute approximate surface area is 117 Å². The summed E-state index contributed by atoms with van der Waals surface area (Å²) in [4.78, 5) is 0. The van der Waals surface area contributed by atoms with Crippen LogP contribution in [0.1, 0.15) is 40.0 Å². The monoisotopic (exact) mass is 265 g/mol. The summed E-state index contributed by atoms with van der Waals surface area (Å²) in [6.45, 7) is 9.05. The predicted octanol–water partition coefficient (Wildman–Crippen LogP) is 3.63. The summed E-state index contributed by atoms with van der Waals surface area (Å²) in [6.07, 6.45) is 3.47. The Balaban J connectivity index is 2.48. The van der Waals surface area contributed by atoms with E-state index in [1.165, 1.54) is 0 Å². The highest BCUT2D eigenvalue weighted by Gasteiger charge is 2.08. The molecule has 0 radical (unpaired) electrons. The average molecular weight is 265 g/mol. The highest BCUT2D eigenvalue weighted by atomic mass is 16.5. The van der Waals surface area contributed by atoms with Crippen LogP contribution in [-0.2, 0) is 0 Å². The van der Waals surface area contributed by atoms with Gasteiger partial charge in [0, 0.05) is 6.54 Å². The van der Waals surface area contributed by atoms with Gasteiger partial charge in [0.2, 0.25) is 0 Å². The number of hydrogen-bond donors (Lipinski definition) is 1. The maximum atomic E-state index is 6.00. The highest BCUT2D eigenvalue weighted by molar-refractivity contribution is 5.31. The molecule has 19 heavy (non-hydrogen) atoms. The minimum absolute atomic E-state index is 0.243. The van der Waals surface area contributed by atoms with Crippen molar-refractivity contribution in [1.29, 1.82) is 0 Å². The molecule has 0 bridgehead atoms. The van der Waals surface area contributed by atoms with E-state index in [1.54, 1.807) is 0 Å². The molecule has 1 unspecified atom stereocenters. The van der Waals surface area contributed by atoms with Gasteiger partial charge in [-0.2, -0.15) is 0 Å². The van der Waals surface area contributed by atoms with Crippen molar-refractivity contribution < 1.29 is 9.47 Å². The second-order valence-electron chi connectivity index (χ2n) is 4.66. The molecule has 0 saturated heterocycles. The SMILES string of the molecule is CCCOc1ccc(OC(CCC)CNCC)cc1. The van der Waals surface area contributed by atoms with Crippen molar-refractivity contribution in [2.24, 2.45) is 0 Å². The summed E-state index contributed by atoms with van der Waals surface area (Å²) in [5.74, 6) is 1.83. The van der Waals surface area contributed by atoms with Gasteiger partial charge in [-0.1, -0.05) is 27.2 Å². The fourth-order valence-corrected chi connectivity index (χ4v) is 1.86. The molecule has 3 heteroatoms. The van der Waals surface area contributed by atoms with Crippen LogP contribution in [0, 0.1) is 0 Å². The Bertz CT molecular complexity index is 324. The summed E-state index contributed by atoms with van der Waals surface area (Å²) in [7, 11) is 0. The summed E-state index contributed by atoms with van der Waals surface area (Å²) >= 11 is 0. The third-order valence-corrected chi connectivity index (χ3v) is 2.83. The lowest BCUT2D eigenvalue weighted by Crippen LogP contribution is -2.31. The Morgan fingerprint density at radius 1 is 1.00 bits per heavy atom. The zero-order valence-electron chi connectivity index (χ0n) is 12.4.